The fourth-order valence-corrected chi connectivity index (χ4v) is 2.13. The van der Waals surface area contributed by atoms with Crippen molar-refractivity contribution < 1.29 is 9.53 Å². The normalized spacial score (nSPS) is 16.9. The molecule has 0 spiro atoms. The van der Waals surface area contributed by atoms with Crippen molar-refractivity contribution in [1.82, 2.24) is 15.1 Å². The van der Waals surface area contributed by atoms with Gasteiger partial charge in [0.05, 0.1) is 0 Å². The highest BCUT2D eigenvalue weighted by molar-refractivity contribution is 5.73. The van der Waals surface area contributed by atoms with Gasteiger partial charge >= 0.3 is 6.03 Å². The van der Waals surface area contributed by atoms with Gasteiger partial charge in [0.1, 0.15) is 0 Å². The van der Waals surface area contributed by atoms with E-state index in [-0.39, 0.29) is 6.03 Å². The van der Waals surface area contributed by atoms with Crippen LogP contribution in [0.25, 0.3) is 0 Å². The molecule has 1 aliphatic heterocycles. The van der Waals surface area contributed by atoms with E-state index >= 15 is 0 Å². The molecule has 0 aromatic carbocycles. The maximum Gasteiger partial charge on any atom is 0.317 e. The number of nitrogens with one attached hydrogen (secondary N) is 1. The number of likely N-dealkylation sites (N-methyl/N-ethyl adjacent to an activating group) is 1. The molecule has 112 valence electrons. The summed E-state index contributed by atoms with van der Waals surface area (Å²) in [6.45, 7) is 8.38. The first-order chi connectivity index (χ1) is 9.00. The highest BCUT2D eigenvalue weighted by Gasteiger charge is 2.18. The van der Waals surface area contributed by atoms with Gasteiger partial charge in [-0.3, -0.25) is 0 Å². The highest BCUT2D eigenvalue weighted by atomic mass is 16.5. The second-order valence-electron chi connectivity index (χ2n) is 5.74. The van der Waals surface area contributed by atoms with E-state index in [1.807, 2.05) is 7.05 Å². The molecule has 2 amide bonds. The highest BCUT2D eigenvalue weighted by Crippen LogP contribution is 2.15. The summed E-state index contributed by atoms with van der Waals surface area (Å²) >= 11 is 0. The van der Waals surface area contributed by atoms with Crippen LogP contribution in [0.1, 0.15) is 26.7 Å². The average molecular weight is 271 g/mol. The van der Waals surface area contributed by atoms with Crippen LogP contribution in [-0.2, 0) is 4.74 Å². The summed E-state index contributed by atoms with van der Waals surface area (Å²) in [4.78, 5) is 16.0. The zero-order valence-electron chi connectivity index (χ0n) is 12.8. The van der Waals surface area contributed by atoms with Gasteiger partial charge in [-0.2, -0.15) is 0 Å². The number of rotatable bonds is 6. The lowest BCUT2D eigenvalue weighted by Gasteiger charge is -2.27. The first-order valence-electron chi connectivity index (χ1n) is 7.27. The predicted molar refractivity (Wildman–Crippen MR) is 77.3 cm³/mol. The molecule has 1 saturated heterocycles. The molecule has 1 N–H and O–H groups in total. The van der Waals surface area contributed by atoms with E-state index in [1.165, 1.54) is 0 Å². The number of urea groups is 1. The van der Waals surface area contributed by atoms with Crippen molar-refractivity contribution in [1.29, 1.82) is 0 Å². The Hall–Kier alpha value is -0.810. The van der Waals surface area contributed by atoms with E-state index in [1.54, 1.807) is 4.90 Å². The Morgan fingerprint density at radius 1 is 1.32 bits per heavy atom. The maximum atomic E-state index is 11.9. The van der Waals surface area contributed by atoms with Crippen molar-refractivity contribution in [2.24, 2.45) is 5.92 Å². The first-order valence-corrected chi connectivity index (χ1v) is 7.27. The number of hydrogen-bond acceptors (Lipinski definition) is 3. The summed E-state index contributed by atoms with van der Waals surface area (Å²) < 4.78 is 5.33. The van der Waals surface area contributed by atoms with Gasteiger partial charge in [0.15, 0.2) is 0 Å². The second kappa shape index (κ2) is 8.38. The van der Waals surface area contributed by atoms with Gasteiger partial charge in [-0.25, -0.2) is 4.79 Å². The van der Waals surface area contributed by atoms with Gasteiger partial charge in [-0.1, -0.05) is 0 Å². The fourth-order valence-electron chi connectivity index (χ4n) is 2.13. The molecule has 19 heavy (non-hydrogen) atoms. The SMILES string of the molecule is CC(C)N(C)CCNC(=O)N(C)CC1CCOCC1. The summed E-state index contributed by atoms with van der Waals surface area (Å²) in [5.74, 6) is 0.586. The minimum absolute atomic E-state index is 0.0312. The van der Waals surface area contributed by atoms with E-state index in [2.05, 4.69) is 31.1 Å². The van der Waals surface area contributed by atoms with E-state index in [4.69, 9.17) is 4.74 Å². The van der Waals surface area contributed by atoms with Crippen LogP contribution in [0, 0.1) is 5.92 Å². The molecule has 1 rings (SSSR count). The van der Waals surface area contributed by atoms with Crippen molar-refractivity contribution in [3.8, 4) is 0 Å². The minimum Gasteiger partial charge on any atom is -0.381 e. The van der Waals surface area contributed by atoms with Crippen molar-refractivity contribution in [3.63, 3.8) is 0 Å². The fraction of sp³-hybridized carbons (Fsp3) is 0.929. The van der Waals surface area contributed by atoms with Crippen molar-refractivity contribution in [2.45, 2.75) is 32.7 Å². The zero-order chi connectivity index (χ0) is 14.3. The Balaban J connectivity index is 2.17. The molecule has 0 saturated carbocycles. The predicted octanol–water partition coefficient (Wildman–Crippen LogP) is 1.39. The number of nitrogens with zero attached hydrogens (tertiary/aromatic N) is 2. The number of carbonyl (C=O) groups excluding carboxylic acids is 1. The minimum atomic E-state index is 0.0312. The smallest absolute Gasteiger partial charge is 0.317 e. The van der Waals surface area contributed by atoms with E-state index in [0.717, 1.165) is 39.1 Å². The van der Waals surface area contributed by atoms with Crippen LogP contribution < -0.4 is 5.32 Å². The maximum absolute atomic E-state index is 11.9. The summed E-state index contributed by atoms with van der Waals surface area (Å²) in [6.07, 6.45) is 2.13. The third kappa shape index (κ3) is 6.25. The topological polar surface area (TPSA) is 44.8 Å². The van der Waals surface area contributed by atoms with E-state index in [0.29, 0.717) is 18.5 Å². The molecule has 5 nitrogen and oxygen atoms in total. The molecule has 1 heterocycles. The molecule has 0 bridgehead atoms. The number of hydrogen-bond donors (Lipinski definition) is 1. The molecule has 0 aromatic heterocycles. The summed E-state index contributed by atoms with van der Waals surface area (Å²) in [6, 6.07) is 0.542. The van der Waals surface area contributed by atoms with E-state index < -0.39 is 0 Å². The Labute approximate surface area is 117 Å². The Morgan fingerprint density at radius 2 is 1.95 bits per heavy atom. The van der Waals surface area contributed by atoms with Gasteiger partial charge in [0.2, 0.25) is 0 Å². The lowest BCUT2D eigenvalue weighted by Crippen LogP contribution is -2.43. The van der Waals surface area contributed by atoms with Crippen molar-refractivity contribution >= 4 is 6.03 Å². The summed E-state index contributed by atoms with van der Waals surface area (Å²) in [7, 11) is 3.94. The monoisotopic (exact) mass is 271 g/mol. The Morgan fingerprint density at radius 3 is 2.53 bits per heavy atom. The third-order valence-electron chi connectivity index (χ3n) is 3.84. The molecule has 0 aliphatic carbocycles. The van der Waals surface area contributed by atoms with Gasteiger partial charge in [0, 0.05) is 45.9 Å². The Kier molecular flexibility index (Phi) is 7.16. The summed E-state index contributed by atoms with van der Waals surface area (Å²) in [5.41, 5.74) is 0. The molecule has 0 radical (unpaired) electrons. The first kappa shape index (κ1) is 16.2. The molecular weight excluding hydrogens is 242 g/mol. The molecular formula is C14H29N3O2. The van der Waals surface area contributed by atoms with Crippen LogP contribution in [0.2, 0.25) is 0 Å². The van der Waals surface area contributed by atoms with Gasteiger partial charge < -0.3 is 19.9 Å². The van der Waals surface area contributed by atoms with Gasteiger partial charge in [-0.15, -0.1) is 0 Å². The van der Waals surface area contributed by atoms with E-state index in [9.17, 15) is 4.79 Å². The average Bonchev–Trinajstić information content (AvgIpc) is 2.39. The van der Waals surface area contributed by atoms with Crippen molar-refractivity contribution in [2.75, 3.05) is 46.9 Å². The zero-order valence-corrected chi connectivity index (χ0v) is 12.8. The van der Waals surface area contributed by atoms with Crippen molar-refractivity contribution in [3.05, 3.63) is 0 Å². The molecule has 0 unspecified atom stereocenters. The number of ether oxygens (including phenoxy) is 1. The lowest BCUT2D eigenvalue weighted by molar-refractivity contribution is 0.0586. The Bertz CT molecular complexity index is 265. The van der Waals surface area contributed by atoms with Crippen LogP contribution in [0.4, 0.5) is 4.79 Å². The lowest BCUT2D eigenvalue weighted by atomic mass is 10.0. The number of amides is 2. The largest absolute Gasteiger partial charge is 0.381 e. The van der Waals surface area contributed by atoms with Crippen LogP contribution >= 0.6 is 0 Å². The summed E-state index contributed by atoms with van der Waals surface area (Å²) in [5, 5.41) is 2.97. The van der Waals surface area contributed by atoms with Gasteiger partial charge in [0.25, 0.3) is 0 Å². The molecule has 1 aliphatic rings. The third-order valence-corrected chi connectivity index (χ3v) is 3.84. The molecule has 0 aromatic rings. The van der Waals surface area contributed by atoms with Crippen LogP contribution in [0.15, 0.2) is 0 Å². The standard InChI is InChI=1S/C14H29N3O2/c1-12(2)16(3)8-7-15-14(18)17(4)11-13-5-9-19-10-6-13/h12-13H,5-11H2,1-4H3,(H,15,18). The molecule has 5 heteroatoms. The van der Waals surface area contributed by atoms with Crippen LogP contribution in [-0.4, -0.2) is 68.8 Å². The molecule has 1 fully saturated rings. The van der Waals surface area contributed by atoms with Crippen LogP contribution in [0.3, 0.4) is 0 Å². The molecule has 0 atom stereocenters. The van der Waals surface area contributed by atoms with Crippen LogP contribution in [0.5, 0.6) is 0 Å². The number of carbonyl (C=O) groups is 1. The quantitative estimate of drug-likeness (QED) is 0.794. The second-order valence-corrected chi connectivity index (χ2v) is 5.74. The van der Waals surface area contributed by atoms with Gasteiger partial charge in [-0.05, 0) is 39.7 Å².